The van der Waals surface area contributed by atoms with Gasteiger partial charge in [-0.1, -0.05) is 24.4 Å². The second-order valence-corrected chi connectivity index (χ2v) is 4.00. The molecule has 2 nitrogen and oxygen atoms in total. The van der Waals surface area contributed by atoms with Gasteiger partial charge in [-0.25, -0.2) is 4.98 Å². The van der Waals surface area contributed by atoms with Crippen molar-refractivity contribution in [2.45, 2.75) is 11.4 Å². The van der Waals surface area contributed by atoms with E-state index in [4.69, 9.17) is 0 Å². The van der Waals surface area contributed by atoms with Gasteiger partial charge in [0.15, 0.2) is 0 Å². The molecule has 2 rings (SSSR count). The number of fused-ring (bicyclic) bond motifs is 1. The maximum atomic E-state index is 4.32. The first-order chi connectivity index (χ1) is 6.86. The van der Waals surface area contributed by atoms with Crippen LogP contribution in [0.2, 0.25) is 0 Å². The summed E-state index contributed by atoms with van der Waals surface area (Å²) in [5.74, 6) is 0. The molecule has 3 heteroatoms. The monoisotopic (exact) mass is 202 g/mol. The number of hydrogen-bond donors (Lipinski definition) is 0. The Labute approximate surface area is 87.5 Å². The van der Waals surface area contributed by atoms with Crippen LogP contribution in [0.4, 0.5) is 0 Å². The summed E-state index contributed by atoms with van der Waals surface area (Å²) in [7, 11) is 0. The summed E-state index contributed by atoms with van der Waals surface area (Å²) in [5.41, 5.74) is 1.20. The number of aromatic nitrogens is 1. The third kappa shape index (κ3) is 2.12. The van der Waals surface area contributed by atoms with Gasteiger partial charge in [-0.05, 0) is 17.7 Å². The molecule has 0 aliphatic carbocycles. The zero-order chi connectivity index (χ0) is 9.80. The summed E-state index contributed by atoms with van der Waals surface area (Å²) in [5, 5.41) is 1.02. The van der Waals surface area contributed by atoms with Gasteiger partial charge in [0.05, 0.1) is 0 Å². The quantitative estimate of drug-likeness (QED) is 0.646. The Kier molecular flexibility index (Phi) is 2.79. The number of rotatable bonds is 0. The number of nitrogens with zero attached hydrogens (tertiary/aromatic N) is 2. The fourth-order valence-electron chi connectivity index (χ4n) is 1.17. The molecule has 14 heavy (non-hydrogen) atoms. The minimum Gasteiger partial charge on any atom is -0.269 e. The lowest BCUT2D eigenvalue weighted by atomic mass is 10.2. The van der Waals surface area contributed by atoms with Crippen molar-refractivity contribution in [2.75, 3.05) is 0 Å². The molecular formula is C11H10N2S. The second kappa shape index (κ2) is 4.24. The van der Waals surface area contributed by atoms with Gasteiger partial charge in [-0.15, -0.1) is 0 Å². The van der Waals surface area contributed by atoms with Crippen LogP contribution in [0.15, 0.2) is 52.1 Å². The Morgan fingerprint density at radius 1 is 1.43 bits per heavy atom. The Morgan fingerprint density at radius 2 is 2.36 bits per heavy atom. The van der Waals surface area contributed by atoms with Crippen LogP contribution in [-0.2, 0) is 6.42 Å². The highest BCUT2D eigenvalue weighted by Crippen LogP contribution is 2.27. The summed E-state index contributed by atoms with van der Waals surface area (Å²) in [6, 6.07) is 4.02. The average Bonchev–Trinajstić information content (AvgIpc) is 2.27. The van der Waals surface area contributed by atoms with Gasteiger partial charge in [0.2, 0.25) is 0 Å². The average molecular weight is 202 g/mol. The zero-order valence-corrected chi connectivity index (χ0v) is 8.50. The lowest BCUT2D eigenvalue weighted by molar-refractivity contribution is 1.06. The predicted octanol–water partition coefficient (Wildman–Crippen LogP) is 2.83. The normalized spacial score (nSPS) is 17.9. The molecule has 0 spiro atoms. The van der Waals surface area contributed by atoms with Crippen molar-refractivity contribution in [1.29, 1.82) is 0 Å². The maximum Gasteiger partial charge on any atom is 0.104 e. The molecule has 0 aromatic carbocycles. The minimum atomic E-state index is 0.827. The second-order valence-electron chi connectivity index (χ2n) is 2.89. The lowest BCUT2D eigenvalue weighted by Gasteiger charge is -2.03. The smallest absolute Gasteiger partial charge is 0.104 e. The molecule has 1 aliphatic rings. The molecule has 0 saturated heterocycles. The van der Waals surface area contributed by atoms with Crippen molar-refractivity contribution in [3.8, 4) is 0 Å². The number of thioether (sulfide) groups is 1. The first-order valence-electron chi connectivity index (χ1n) is 4.35. The molecule has 2 heterocycles. The van der Waals surface area contributed by atoms with E-state index < -0.39 is 0 Å². The van der Waals surface area contributed by atoms with Crippen molar-refractivity contribution >= 4 is 18.0 Å². The molecule has 1 aromatic heterocycles. The SMILES string of the molecule is C=C1/C=C\N=CCc2cccnc2S1. The third-order valence-corrected chi connectivity index (χ3v) is 2.80. The summed E-state index contributed by atoms with van der Waals surface area (Å²) >= 11 is 1.59. The van der Waals surface area contributed by atoms with Crippen LogP contribution in [0.5, 0.6) is 0 Å². The van der Waals surface area contributed by atoms with Gasteiger partial charge in [0.25, 0.3) is 0 Å². The van der Waals surface area contributed by atoms with E-state index in [1.54, 1.807) is 24.2 Å². The predicted molar refractivity (Wildman–Crippen MR) is 60.6 cm³/mol. The number of pyridine rings is 1. The van der Waals surface area contributed by atoms with E-state index in [-0.39, 0.29) is 0 Å². The summed E-state index contributed by atoms with van der Waals surface area (Å²) in [6.45, 7) is 3.92. The summed E-state index contributed by atoms with van der Waals surface area (Å²) in [6.07, 6.45) is 8.17. The van der Waals surface area contributed by atoms with Gasteiger partial charge in [-0.2, -0.15) is 0 Å². The third-order valence-electron chi connectivity index (χ3n) is 1.84. The van der Waals surface area contributed by atoms with Crippen LogP contribution in [0.1, 0.15) is 5.56 Å². The molecule has 0 radical (unpaired) electrons. The fourth-order valence-corrected chi connectivity index (χ4v) is 1.94. The van der Waals surface area contributed by atoms with E-state index in [1.807, 2.05) is 18.4 Å². The van der Waals surface area contributed by atoms with Gasteiger partial charge in [0.1, 0.15) is 5.03 Å². The number of allylic oxidation sites excluding steroid dienone is 1. The van der Waals surface area contributed by atoms with Crippen LogP contribution >= 0.6 is 11.8 Å². The Morgan fingerprint density at radius 3 is 3.29 bits per heavy atom. The lowest BCUT2D eigenvalue weighted by Crippen LogP contribution is -1.91. The minimum absolute atomic E-state index is 0.827. The first-order valence-corrected chi connectivity index (χ1v) is 5.17. The van der Waals surface area contributed by atoms with Crippen LogP contribution in [-0.4, -0.2) is 11.2 Å². The first kappa shape index (κ1) is 9.21. The standard InChI is InChI=1S/C11H10N2S/c1-9-4-7-12-8-5-10-3-2-6-13-11(10)14-9/h2-4,6-8H,1,5H2/b7-4-,12-8?. The molecule has 0 N–H and O–H groups in total. The van der Waals surface area contributed by atoms with Gasteiger partial charge in [-0.3, -0.25) is 4.99 Å². The molecule has 1 aromatic rings. The van der Waals surface area contributed by atoms with Crippen LogP contribution in [0.25, 0.3) is 0 Å². The van der Waals surface area contributed by atoms with Gasteiger partial charge >= 0.3 is 0 Å². The van der Waals surface area contributed by atoms with Gasteiger partial charge in [0, 0.05) is 29.9 Å². The van der Waals surface area contributed by atoms with E-state index >= 15 is 0 Å². The van der Waals surface area contributed by atoms with Gasteiger partial charge < -0.3 is 0 Å². The van der Waals surface area contributed by atoms with Crippen molar-refractivity contribution in [2.24, 2.45) is 4.99 Å². The maximum absolute atomic E-state index is 4.32. The zero-order valence-electron chi connectivity index (χ0n) is 7.68. The molecule has 0 amide bonds. The largest absolute Gasteiger partial charge is 0.269 e. The highest BCUT2D eigenvalue weighted by Gasteiger charge is 2.04. The van der Waals surface area contributed by atoms with E-state index in [9.17, 15) is 0 Å². The van der Waals surface area contributed by atoms with E-state index in [1.165, 1.54) is 5.56 Å². The Bertz CT molecular complexity index is 408. The van der Waals surface area contributed by atoms with Crippen molar-refractivity contribution < 1.29 is 0 Å². The van der Waals surface area contributed by atoms with Crippen LogP contribution in [0.3, 0.4) is 0 Å². The van der Waals surface area contributed by atoms with E-state index in [2.05, 4.69) is 22.6 Å². The molecule has 0 saturated carbocycles. The van der Waals surface area contributed by atoms with E-state index in [0.717, 1.165) is 16.4 Å². The topological polar surface area (TPSA) is 25.2 Å². The van der Waals surface area contributed by atoms with Crippen LogP contribution < -0.4 is 0 Å². The molecule has 70 valence electrons. The fraction of sp³-hybridized carbons (Fsp3) is 0.0909. The molecular weight excluding hydrogens is 192 g/mol. The Hall–Kier alpha value is -1.35. The van der Waals surface area contributed by atoms with Crippen molar-refractivity contribution in [3.63, 3.8) is 0 Å². The summed E-state index contributed by atoms with van der Waals surface area (Å²) in [4.78, 5) is 9.41. The Balaban J connectivity index is 2.39. The number of aliphatic imine (C=N–C) groups is 1. The number of hydrogen-bond acceptors (Lipinski definition) is 3. The molecule has 0 bridgehead atoms. The van der Waals surface area contributed by atoms with Crippen molar-refractivity contribution in [3.05, 3.63) is 47.7 Å². The van der Waals surface area contributed by atoms with E-state index in [0.29, 0.717) is 0 Å². The highest BCUT2D eigenvalue weighted by atomic mass is 32.2. The molecule has 1 aliphatic heterocycles. The highest BCUT2D eigenvalue weighted by molar-refractivity contribution is 8.03. The molecule has 0 atom stereocenters. The summed E-state index contributed by atoms with van der Waals surface area (Å²) < 4.78 is 0. The van der Waals surface area contributed by atoms with Crippen molar-refractivity contribution in [1.82, 2.24) is 4.98 Å². The molecule has 0 unspecified atom stereocenters. The molecule has 0 fully saturated rings. The van der Waals surface area contributed by atoms with Crippen LogP contribution in [0, 0.1) is 0 Å².